The van der Waals surface area contributed by atoms with Gasteiger partial charge >= 0.3 is 0 Å². The number of nitrogens with zero attached hydrogens (tertiary/aromatic N) is 4. The van der Waals surface area contributed by atoms with Crippen molar-refractivity contribution in [1.82, 2.24) is 25.0 Å². The molecule has 1 atom stereocenters. The third-order valence-electron chi connectivity index (χ3n) is 4.99. The third kappa shape index (κ3) is 5.13. The molecule has 1 amide bonds. The molecule has 1 heterocycles. The number of carbonyl (C=O) groups excluding carboxylic acids is 1. The predicted octanol–water partition coefficient (Wildman–Crippen LogP) is 2.40. The van der Waals surface area contributed by atoms with Gasteiger partial charge in [0.25, 0.3) is 0 Å². The molecular weight excluding hydrogens is 314 g/mol. The molecule has 0 radical (unpaired) electrons. The van der Waals surface area contributed by atoms with Crippen LogP contribution in [0.4, 0.5) is 0 Å². The van der Waals surface area contributed by atoms with Gasteiger partial charge in [-0.15, -0.1) is 0 Å². The number of hydrogen-bond donors (Lipinski definition) is 1. The first-order valence-electron chi connectivity index (χ1n) is 9.09. The SMILES string of the molecule is CN(CC(=O)N[C@H](CCn1cncn1)c1ccccc1)C1CCCC1. The van der Waals surface area contributed by atoms with Gasteiger partial charge in [0, 0.05) is 12.6 Å². The Bertz CT molecular complexity index is 637. The van der Waals surface area contributed by atoms with Gasteiger partial charge in [0.05, 0.1) is 12.6 Å². The van der Waals surface area contributed by atoms with Crippen molar-refractivity contribution in [1.29, 1.82) is 0 Å². The Morgan fingerprint density at radius 3 is 2.76 bits per heavy atom. The van der Waals surface area contributed by atoms with Crippen LogP contribution >= 0.6 is 0 Å². The summed E-state index contributed by atoms with van der Waals surface area (Å²) in [6, 6.07) is 10.7. The first-order valence-corrected chi connectivity index (χ1v) is 9.09. The molecule has 6 heteroatoms. The monoisotopic (exact) mass is 341 g/mol. The molecule has 25 heavy (non-hydrogen) atoms. The Labute approximate surface area is 149 Å². The highest BCUT2D eigenvalue weighted by molar-refractivity contribution is 5.78. The molecule has 1 aliphatic carbocycles. The van der Waals surface area contributed by atoms with E-state index in [2.05, 4.69) is 39.5 Å². The van der Waals surface area contributed by atoms with Crippen molar-refractivity contribution < 1.29 is 4.79 Å². The number of hydrogen-bond acceptors (Lipinski definition) is 4. The van der Waals surface area contributed by atoms with E-state index in [4.69, 9.17) is 0 Å². The van der Waals surface area contributed by atoms with E-state index in [-0.39, 0.29) is 11.9 Å². The summed E-state index contributed by atoms with van der Waals surface area (Å²) in [4.78, 5) is 18.7. The van der Waals surface area contributed by atoms with Crippen LogP contribution in [0.25, 0.3) is 0 Å². The zero-order chi connectivity index (χ0) is 17.5. The van der Waals surface area contributed by atoms with Crippen LogP contribution in [0.15, 0.2) is 43.0 Å². The molecule has 0 unspecified atom stereocenters. The summed E-state index contributed by atoms with van der Waals surface area (Å²) in [5.74, 6) is 0.0850. The van der Waals surface area contributed by atoms with E-state index in [1.165, 1.54) is 32.0 Å². The summed E-state index contributed by atoms with van der Waals surface area (Å²) in [7, 11) is 2.06. The molecule has 0 bridgehead atoms. The second kappa shape index (κ2) is 8.76. The van der Waals surface area contributed by atoms with Gasteiger partial charge in [-0.2, -0.15) is 5.10 Å². The van der Waals surface area contributed by atoms with Crippen LogP contribution in [0.5, 0.6) is 0 Å². The maximum Gasteiger partial charge on any atom is 0.234 e. The van der Waals surface area contributed by atoms with Crippen LogP contribution in [0.1, 0.15) is 43.7 Å². The van der Waals surface area contributed by atoms with Crippen molar-refractivity contribution in [2.24, 2.45) is 0 Å². The highest BCUT2D eigenvalue weighted by Gasteiger charge is 2.22. The van der Waals surface area contributed by atoms with Crippen LogP contribution in [-0.4, -0.2) is 45.2 Å². The number of carbonyl (C=O) groups is 1. The minimum Gasteiger partial charge on any atom is -0.348 e. The van der Waals surface area contributed by atoms with Gasteiger partial charge in [0.2, 0.25) is 5.91 Å². The zero-order valence-corrected chi connectivity index (χ0v) is 14.8. The van der Waals surface area contributed by atoms with Crippen molar-refractivity contribution in [2.45, 2.75) is 50.7 Å². The summed E-state index contributed by atoms with van der Waals surface area (Å²) in [6.07, 6.45) is 9.00. The van der Waals surface area contributed by atoms with Crippen LogP contribution < -0.4 is 5.32 Å². The first-order chi connectivity index (χ1) is 12.2. The lowest BCUT2D eigenvalue weighted by Gasteiger charge is -2.25. The Balaban J connectivity index is 1.59. The van der Waals surface area contributed by atoms with Gasteiger partial charge in [-0.05, 0) is 31.9 Å². The largest absolute Gasteiger partial charge is 0.348 e. The molecule has 1 aromatic carbocycles. The third-order valence-corrected chi connectivity index (χ3v) is 4.99. The number of aromatic nitrogens is 3. The summed E-state index contributed by atoms with van der Waals surface area (Å²) >= 11 is 0. The highest BCUT2D eigenvalue weighted by Crippen LogP contribution is 2.22. The normalized spacial score (nSPS) is 16.2. The Kier molecular flexibility index (Phi) is 6.17. The predicted molar refractivity (Wildman–Crippen MR) is 96.9 cm³/mol. The van der Waals surface area contributed by atoms with Gasteiger partial charge in [0.1, 0.15) is 12.7 Å². The molecule has 134 valence electrons. The maximum atomic E-state index is 12.6. The molecule has 0 saturated heterocycles. The number of likely N-dealkylation sites (N-methyl/N-ethyl adjacent to an activating group) is 1. The summed E-state index contributed by atoms with van der Waals surface area (Å²) in [5, 5.41) is 7.35. The van der Waals surface area contributed by atoms with E-state index < -0.39 is 0 Å². The minimum absolute atomic E-state index is 0.0186. The molecule has 1 fully saturated rings. The topological polar surface area (TPSA) is 63.1 Å². The molecular formula is C19H27N5O. The average molecular weight is 341 g/mol. The minimum atomic E-state index is -0.0186. The van der Waals surface area contributed by atoms with Crippen LogP contribution in [0.3, 0.4) is 0 Å². The van der Waals surface area contributed by atoms with E-state index in [0.717, 1.165) is 18.5 Å². The van der Waals surface area contributed by atoms with Crippen molar-refractivity contribution in [3.63, 3.8) is 0 Å². The lowest BCUT2D eigenvalue weighted by molar-refractivity contribution is -0.123. The molecule has 1 aromatic heterocycles. The zero-order valence-electron chi connectivity index (χ0n) is 14.8. The standard InChI is InChI=1S/C19H27N5O/c1-23(17-9-5-6-10-17)13-19(25)22-18(16-7-3-2-4-8-16)11-12-24-15-20-14-21-24/h2-4,7-8,14-15,17-18H,5-6,9-13H2,1H3,(H,22,25)/t18-/m1/s1. The van der Waals surface area contributed by atoms with Crippen molar-refractivity contribution in [3.8, 4) is 0 Å². The molecule has 2 aromatic rings. The summed E-state index contributed by atoms with van der Waals surface area (Å²) < 4.78 is 1.80. The fourth-order valence-electron chi connectivity index (χ4n) is 3.56. The fraction of sp³-hybridized carbons (Fsp3) is 0.526. The van der Waals surface area contributed by atoms with Crippen LogP contribution in [0.2, 0.25) is 0 Å². The van der Waals surface area contributed by atoms with Crippen molar-refractivity contribution in [2.75, 3.05) is 13.6 Å². The Morgan fingerprint density at radius 1 is 1.32 bits per heavy atom. The molecule has 6 nitrogen and oxygen atoms in total. The molecule has 3 rings (SSSR count). The highest BCUT2D eigenvalue weighted by atomic mass is 16.2. The summed E-state index contributed by atoms with van der Waals surface area (Å²) in [6.45, 7) is 1.18. The molecule has 1 saturated carbocycles. The van der Waals surface area contributed by atoms with E-state index in [1.54, 1.807) is 11.0 Å². The Morgan fingerprint density at radius 2 is 2.08 bits per heavy atom. The second-order valence-electron chi connectivity index (χ2n) is 6.83. The van der Waals surface area contributed by atoms with E-state index >= 15 is 0 Å². The number of nitrogens with one attached hydrogen (secondary N) is 1. The maximum absolute atomic E-state index is 12.6. The molecule has 1 N–H and O–H groups in total. The van der Waals surface area contributed by atoms with E-state index in [9.17, 15) is 4.79 Å². The van der Waals surface area contributed by atoms with Gasteiger partial charge in [-0.1, -0.05) is 43.2 Å². The van der Waals surface area contributed by atoms with Gasteiger partial charge < -0.3 is 5.32 Å². The van der Waals surface area contributed by atoms with Gasteiger partial charge in [0.15, 0.2) is 0 Å². The Hall–Kier alpha value is -2.21. The number of aryl methyl sites for hydroxylation is 1. The second-order valence-corrected chi connectivity index (χ2v) is 6.83. The van der Waals surface area contributed by atoms with Crippen LogP contribution in [0, 0.1) is 0 Å². The lowest BCUT2D eigenvalue weighted by Crippen LogP contribution is -2.41. The van der Waals surface area contributed by atoms with Gasteiger partial charge in [-0.3, -0.25) is 14.4 Å². The molecule has 1 aliphatic rings. The number of rotatable bonds is 8. The lowest BCUT2D eigenvalue weighted by atomic mass is 10.0. The number of amides is 1. The van der Waals surface area contributed by atoms with Gasteiger partial charge in [-0.25, -0.2) is 4.98 Å². The molecule has 0 aliphatic heterocycles. The van der Waals surface area contributed by atoms with E-state index in [0.29, 0.717) is 12.6 Å². The van der Waals surface area contributed by atoms with Crippen LogP contribution in [-0.2, 0) is 11.3 Å². The quantitative estimate of drug-likeness (QED) is 0.801. The summed E-state index contributed by atoms with van der Waals surface area (Å²) in [5.41, 5.74) is 1.12. The first kappa shape index (κ1) is 17.6. The van der Waals surface area contributed by atoms with E-state index in [1.807, 2.05) is 18.2 Å². The molecule has 0 spiro atoms. The van der Waals surface area contributed by atoms with Crippen molar-refractivity contribution >= 4 is 5.91 Å². The number of benzene rings is 1. The fourth-order valence-corrected chi connectivity index (χ4v) is 3.56. The average Bonchev–Trinajstić information content (AvgIpc) is 3.32. The van der Waals surface area contributed by atoms with Crippen molar-refractivity contribution in [3.05, 3.63) is 48.5 Å². The smallest absolute Gasteiger partial charge is 0.234 e.